The molecule has 40 heavy (non-hydrogen) atoms. The molecule has 2 aliphatic rings. The number of benzene rings is 2. The molecule has 0 aromatic heterocycles. The lowest BCUT2D eigenvalue weighted by atomic mass is 9.90. The molecule has 6 nitrogen and oxygen atoms in total. The minimum Gasteiger partial charge on any atom is -0.462 e. The third kappa shape index (κ3) is 8.31. The molecule has 0 aliphatic carbocycles. The summed E-state index contributed by atoms with van der Waals surface area (Å²) in [6.45, 7) is 5.45. The van der Waals surface area contributed by atoms with Crippen LogP contribution in [0.15, 0.2) is 65.9 Å². The average molecular weight is 563 g/mol. The zero-order chi connectivity index (χ0) is 28.3. The molecule has 0 unspecified atom stereocenters. The molecule has 2 aliphatic heterocycles. The highest BCUT2D eigenvalue weighted by Gasteiger charge is 2.24. The Bertz CT molecular complexity index is 1260. The first-order valence-electron chi connectivity index (χ1n) is 14.2. The average Bonchev–Trinajstić information content (AvgIpc) is 2.95. The smallest absolute Gasteiger partial charge is 0.338 e. The molecule has 2 aromatic rings. The number of nitrogens with zero attached hydrogens (tertiary/aromatic N) is 2. The van der Waals surface area contributed by atoms with Gasteiger partial charge in [-0.1, -0.05) is 71.4 Å². The maximum atomic E-state index is 13.0. The largest absolute Gasteiger partial charge is 0.462 e. The first-order valence-corrected chi connectivity index (χ1v) is 14.6. The van der Waals surface area contributed by atoms with E-state index in [2.05, 4.69) is 35.5 Å². The fourth-order valence-electron chi connectivity index (χ4n) is 5.33. The number of esters is 1. The Morgan fingerprint density at radius 2 is 1.77 bits per heavy atom. The van der Waals surface area contributed by atoms with Crippen LogP contribution in [-0.4, -0.2) is 48.8 Å². The van der Waals surface area contributed by atoms with Gasteiger partial charge in [-0.15, -0.1) is 0 Å². The number of aryl methyl sites for hydroxylation is 2. The van der Waals surface area contributed by atoms with E-state index in [1.165, 1.54) is 5.56 Å². The van der Waals surface area contributed by atoms with Gasteiger partial charge in [0.15, 0.2) is 6.61 Å². The number of hydrogen-bond donors (Lipinski definition) is 0. The van der Waals surface area contributed by atoms with Crippen LogP contribution in [0.3, 0.4) is 0 Å². The highest BCUT2D eigenvalue weighted by Crippen LogP contribution is 2.29. The van der Waals surface area contributed by atoms with Crippen LogP contribution in [-0.2, 0) is 27.2 Å². The molecule has 0 saturated carbocycles. The van der Waals surface area contributed by atoms with Crippen molar-refractivity contribution in [2.24, 2.45) is 11.1 Å². The second kappa shape index (κ2) is 14.8. The number of carbonyl (C=O) groups is 2. The first kappa shape index (κ1) is 29.6. The van der Waals surface area contributed by atoms with Crippen molar-refractivity contribution in [1.29, 1.82) is 0 Å². The van der Waals surface area contributed by atoms with E-state index in [-0.39, 0.29) is 18.9 Å². The Labute approximate surface area is 242 Å². The topological polar surface area (TPSA) is 68.2 Å². The van der Waals surface area contributed by atoms with Crippen LogP contribution >= 0.6 is 11.6 Å². The van der Waals surface area contributed by atoms with Crippen molar-refractivity contribution >= 4 is 29.2 Å². The van der Waals surface area contributed by atoms with Gasteiger partial charge in [-0.3, -0.25) is 4.79 Å². The van der Waals surface area contributed by atoms with Crippen molar-refractivity contribution in [3.05, 3.63) is 93.5 Å². The van der Waals surface area contributed by atoms with Crippen molar-refractivity contribution in [2.75, 3.05) is 26.3 Å². The van der Waals surface area contributed by atoms with E-state index < -0.39 is 5.97 Å². The molecule has 4 rings (SSSR count). The molecular weight excluding hydrogens is 524 g/mol. The lowest BCUT2D eigenvalue weighted by Crippen LogP contribution is -2.40. The van der Waals surface area contributed by atoms with Crippen LogP contribution < -0.4 is 0 Å². The predicted octanol–water partition coefficient (Wildman–Crippen LogP) is 6.81. The Morgan fingerprint density at radius 1 is 1.05 bits per heavy atom. The van der Waals surface area contributed by atoms with Crippen molar-refractivity contribution < 1.29 is 19.2 Å². The molecular formula is C33H39ClN2O4. The summed E-state index contributed by atoms with van der Waals surface area (Å²) in [6, 6.07) is 12.4. The number of likely N-dealkylation sites (tertiary alicyclic amines) is 1. The number of fused-ring (bicyclic) bond motifs is 1. The standard InChI is InChI=1S/C33H39ClN2O4/c1-24-20-25(2)32(34)29-22-28(14-10-5-3-4-6-11-19-39-33(38)31(24)29)35-40-23-30(37)36-17-15-27(16-18-36)21-26-12-8-7-9-13-26/h4,6-10,12-14,20,27H,3,5,11,15-19,21-23H2,1-2H3/b6-4+,14-10+,35-28+. The van der Waals surface area contributed by atoms with E-state index in [9.17, 15) is 9.59 Å². The van der Waals surface area contributed by atoms with Crippen LogP contribution in [0.1, 0.15) is 64.7 Å². The summed E-state index contributed by atoms with van der Waals surface area (Å²) in [4.78, 5) is 33.4. The maximum Gasteiger partial charge on any atom is 0.338 e. The fourth-order valence-corrected chi connectivity index (χ4v) is 5.55. The quantitative estimate of drug-likeness (QED) is 0.228. The summed E-state index contributed by atoms with van der Waals surface area (Å²) in [7, 11) is 0. The zero-order valence-electron chi connectivity index (χ0n) is 23.5. The molecule has 2 heterocycles. The van der Waals surface area contributed by atoms with Gasteiger partial charge in [0.05, 0.1) is 17.9 Å². The van der Waals surface area contributed by atoms with E-state index in [4.69, 9.17) is 21.2 Å². The summed E-state index contributed by atoms with van der Waals surface area (Å²) < 4.78 is 5.56. The number of hydrogen-bond acceptors (Lipinski definition) is 5. The lowest BCUT2D eigenvalue weighted by Gasteiger charge is -2.31. The van der Waals surface area contributed by atoms with E-state index in [0.717, 1.165) is 56.3 Å². The molecule has 1 fully saturated rings. The zero-order valence-corrected chi connectivity index (χ0v) is 24.3. The second-order valence-corrected chi connectivity index (χ2v) is 11.0. The van der Waals surface area contributed by atoms with Gasteiger partial charge in [-0.05, 0) is 86.6 Å². The van der Waals surface area contributed by atoms with Gasteiger partial charge in [-0.25, -0.2) is 4.79 Å². The number of carbonyl (C=O) groups excluding carboxylic acids is 2. The summed E-state index contributed by atoms with van der Waals surface area (Å²) in [6.07, 6.45) is 13.7. The second-order valence-electron chi connectivity index (χ2n) is 10.6. The van der Waals surface area contributed by atoms with Gasteiger partial charge in [-0.2, -0.15) is 0 Å². The minimum atomic E-state index is -0.394. The number of rotatable bonds is 5. The van der Waals surface area contributed by atoms with Crippen LogP contribution in [0.4, 0.5) is 0 Å². The van der Waals surface area contributed by atoms with E-state index in [1.807, 2.05) is 49.1 Å². The van der Waals surface area contributed by atoms with Crippen molar-refractivity contribution in [3.63, 3.8) is 0 Å². The van der Waals surface area contributed by atoms with Crippen molar-refractivity contribution in [2.45, 2.75) is 58.8 Å². The van der Waals surface area contributed by atoms with Gasteiger partial charge in [0, 0.05) is 24.5 Å². The van der Waals surface area contributed by atoms with Crippen molar-refractivity contribution in [1.82, 2.24) is 4.90 Å². The van der Waals surface area contributed by atoms with E-state index in [1.54, 1.807) is 0 Å². The predicted molar refractivity (Wildman–Crippen MR) is 160 cm³/mol. The lowest BCUT2D eigenvalue weighted by molar-refractivity contribution is -0.137. The number of allylic oxidation sites excluding steroid dienone is 3. The summed E-state index contributed by atoms with van der Waals surface area (Å²) in [5.74, 6) is 0.127. The number of piperidine rings is 1. The molecule has 7 heteroatoms. The van der Waals surface area contributed by atoms with Crippen molar-refractivity contribution in [3.8, 4) is 0 Å². The first-order chi connectivity index (χ1) is 19.4. The molecule has 0 radical (unpaired) electrons. The Balaban J connectivity index is 1.42. The summed E-state index contributed by atoms with van der Waals surface area (Å²) >= 11 is 6.71. The third-order valence-corrected chi connectivity index (χ3v) is 8.03. The van der Waals surface area contributed by atoms with Gasteiger partial charge < -0.3 is 14.5 Å². The summed E-state index contributed by atoms with van der Waals surface area (Å²) in [5.41, 5.74) is 4.75. The molecule has 1 saturated heterocycles. The highest BCUT2D eigenvalue weighted by molar-refractivity contribution is 6.33. The summed E-state index contributed by atoms with van der Waals surface area (Å²) in [5, 5.41) is 4.85. The Hall–Kier alpha value is -3.38. The van der Waals surface area contributed by atoms with Gasteiger partial charge >= 0.3 is 5.97 Å². The SMILES string of the molecule is Cc1cc(C)c2c(c1Cl)CC(=N/OCC(=O)N1CCC(Cc3ccccc3)CC1)/C=C/CC/C=C/CCOC2=O. The maximum absolute atomic E-state index is 13.0. The fraction of sp³-hybridized carbons (Fsp3) is 0.424. The Morgan fingerprint density at radius 3 is 2.55 bits per heavy atom. The Kier molecular flexibility index (Phi) is 11.0. The van der Waals surface area contributed by atoms with Gasteiger partial charge in [0.2, 0.25) is 0 Å². The van der Waals surface area contributed by atoms with Gasteiger partial charge in [0.25, 0.3) is 5.91 Å². The molecule has 0 N–H and O–H groups in total. The number of cyclic esters (lactones) is 1. The number of oxime groups is 1. The molecule has 1 amide bonds. The van der Waals surface area contributed by atoms with Gasteiger partial charge in [0.1, 0.15) is 0 Å². The molecule has 0 spiro atoms. The minimum absolute atomic E-state index is 0.0637. The number of ether oxygens (including phenoxy) is 1. The molecule has 212 valence electrons. The van der Waals surface area contributed by atoms with Crippen LogP contribution in [0.5, 0.6) is 0 Å². The van der Waals surface area contributed by atoms with Crippen LogP contribution in [0, 0.1) is 19.8 Å². The number of amides is 1. The van der Waals surface area contributed by atoms with E-state index >= 15 is 0 Å². The molecule has 0 atom stereocenters. The van der Waals surface area contributed by atoms with Crippen LogP contribution in [0.2, 0.25) is 5.02 Å². The normalized spacial score (nSPS) is 19.8. The highest BCUT2D eigenvalue weighted by atomic mass is 35.5. The van der Waals surface area contributed by atoms with E-state index in [0.29, 0.717) is 40.8 Å². The van der Waals surface area contributed by atoms with Crippen LogP contribution in [0.25, 0.3) is 0 Å². The monoisotopic (exact) mass is 562 g/mol. The third-order valence-electron chi connectivity index (χ3n) is 7.50. The molecule has 0 bridgehead atoms. The molecule has 2 aromatic carbocycles. The number of halogens is 1.